The molecule has 0 amide bonds. The molecule has 3 nitrogen and oxygen atoms in total. The third-order valence-electron chi connectivity index (χ3n) is 13.0. The molecule has 274 valence electrons. The first-order chi connectivity index (χ1) is 25.8. The maximum absolute atomic E-state index is 6.90. The Morgan fingerprint density at radius 3 is 0.945 bits per heavy atom. The Morgan fingerprint density at radius 2 is 0.618 bits per heavy atom. The largest absolute Gasteiger partial charge is 0.456 e. The molecule has 0 bridgehead atoms. The average molecular weight is 719 g/mol. The molecule has 6 aromatic carbocycles. The number of fused-ring (bicyclic) bond motifs is 15. The Labute approximate surface area is 322 Å². The van der Waals surface area contributed by atoms with E-state index in [0.29, 0.717) is 0 Å². The second-order valence-electron chi connectivity index (χ2n) is 20.8. The highest BCUT2D eigenvalue weighted by atomic mass is 16.3. The van der Waals surface area contributed by atoms with Crippen LogP contribution in [0, 0.1) is 0 Å². The molecule has 5 heterocycles. The van der Waals surface area contributed by atoms with Crippen LogP contribution in [-0.2, 0) is 21.7 Å². The van der Waals surface area contributed by atoms with Crippen LogP contribution in [0.3, 0.4) is 0 Å². The van der Waals surface area contributed by atoms with Crippen LogP contribution in [0.2, 0.25) is 0 Å². The Morgan fingerprint density at radius 1 is 0.309 bits per heavy atom. The minimum Gasteiger partial charge on any atom is -0.456 e. The van der Waals surface area contributed by atoms with E-state index in [0.717, 1.165) is 21.9 Å². The zero-order chi connectivity index (χ0) is 38.5. The van der Waals surface area contributed by atoms with Crippen molar-refractivity contribution < 1.29 is 4.42 Å². The Bertz CT molecular complexity index is 3210. The van der Waals surface area contributed by atoms with Gasteiger partial charge >= 0.3 is 0 Å². The smallest absolute Gasteiger partial charge is 0.136 e. The van der Waals surface area contributed by atoms with E-state index >= 15 is 0 Å². The summed E-state index contributed by atoms with van der Waals surface area (Å²) in [6, 6.07) is 33.5. The average Bonchev–Trinajstić information content (AvgIpc) is 3.88. The molecule has 0 aliphatic heterocycles. The van der Waals surface area contributed by atoms with Gasteiger partial charge in [0, 0.05) is 53.9 Å². The summed E-state index contributed by atoms with van der Waals surface area (Å²) in [6.45, 7) is 27.8. The van der Waals surface area contributed by atoms with Gasteiger partial charge in [0.25, 0.3) is 0 Å². The van der Waals surface area contributed by atoms with Crippen molar-refractivity contribution in [3.8, 4) is 0 Å². The maximum Gasteiger partial charge on any atom is 0.136 e. The van der Waals surface area contributed by atoms with Crippen LogP contribution < -0.4 is 0 Å². The molecule has 0 fully saturated rings. The van der Waals surface area contributed by atoms with Crippen LogP contribution >= 0.6 is 0 Å². The van der Waals surface area contributed by atoms with Crippen LogP contribution in [0.15, 0.2) is 89.3 Å². The summed E-state index contributed by atoms with van der Waals surface area (Å²) in [5.41, 5.74) is 15.1. The fraction of sp³-hybridized carbons (Fsp3) is 0.308. The predicted molar refractivity (Wildman–Crippen MR) is 238 cm³/mol. The van der Waals surface area contributed by atoms with Gasteiger partial charge in [0.2, 0.25) is 0 Å². The second-order valence-corrected chi connectivity index (χ2v) is 20.8. The molecule has 3 heteroatoms. The number of furan rings is 1. The fourth-order valence-corrected chi connectivity index (χ4v) is 9.65. The van der Waals surface area contributed by atoms with E-state index in [1.165, 1.54) is 98.4 Å². The second kappa shape index (κ2) is 9.93. The van der Waals surface area contributed by atoms with E-state index in [4.69, 9.17) is 4.42 Å². The Balaban J connectivity index is 1.27. The molecule has 0 aliphatic rings. The molecule has 5 aromatic heterocycles. The quantitative estimate of drug-likeness (QED) is 0.153. The number of hydrogen-bond donors (Lipinski definition) is 0. The van der Waals surface area contributed by atoms with E-state index in [1.807, 2.05) is 0 Å². The van der Waals surface area contributed by atoms with E-state index in [9.17, 15) is 0 Å². The fourth-order valence-electron chi connectivity index (χ4n) is 9.65. The van der Waals surface area contributed by atoms with Crippen LogP contribution in [0.4, 0.5) is 0 Å². The Hall–Kier alpha value is -5.28. The molecular formula is C52H50N2O. The predicted octanol–water partition coefficient (Wildman–Crippen LogP) is 15.1. The summed E-state index contributed by atoms with van der Waals surface area (Å²) in [5.74, 6) is 0. The molecule has 0 unspecified atom stereocenters. The summed E-state index contributed by atoms with van der Waals surface area (Å²) >= 11 is 0. The van der Waals surface area contributed by atoms with Gasteiger partial charge in [-0.2, -0.15) is 0 Å². The molecule has 0 N–H and O–H groups in total. The van der Waals surface area contributed by atoms with Crippen molar-refractivity contribution >= 4 is 98.1 Å². The zero-order valence-electron chi connectivity index (χ0n) is 34.4. The summed E-state index contributed by atoms with van der Waals surface area (Å²) < 4.78 is 12.0. The van der Waals surface area contributed by atoms with Crippen molar-refractivity contribution in [1.29, 1.82) is 0 Å². The number of aromatic nitrogens is 2. The lowest BCUT2D eigenvalue weighted by Gasteiger charge is -2.20. The van der Waals surface area contributed by atoms with Gasteiger partial charge in [-0.25, -0.2) is 0 Å². The molecule has 0 atom stereocenters. The monoisotopic (exact) mass is 718 g/mol. The molecule has 55 heavy (non-hydrogen) atoms. The lowest BCUT2D eigenvalue weighted by molar-refractivity contribution is 0.590. The van der Waals surface area contributed by atoms with Gasteiger partial charge in [-0.15, -0.1) is 0 Å². The lowest BCUT2D eigenvalue weighted by atomic mass is 9.84. The van der Waals surface area contributed by atoms with Crippen molar-refractivity contribution in [2.45, 2.75) is 105 Å². The summed E-state index contributed by atoms with van der Waals surface area (Å²) in [7, 11) is 0. The number of rotatable bonds is 0. The highest BCUT2D eigenvalue weighted by molar-refractivity contribution is 6.28. The Kier molecular flexibility index (Phi) is 5.97. The van der Waals surface area contributed by atoms with Gasteiger partial charge in [0.15, 0.2) is 0 Å². The van der Waals surface area contributed by atoms with Gasteiger partial charge in [0.05, 0.1) is 33.1 Å². The van der Waals surface area contributed by atoms with Crippen molar-refractivity contribution in [3.05, 3.63) is 107 Å². The SMILES string of the molecule is CC(C)(C)c1ccc2c(c1)c1cc(C(C)(C)C)cc3c4cc5oc6cc7c8cc(C(C)(C)C)cc9c%10cc(C(C)(C)C)ccc%10n(c7cc6c5cc4n2c13)c98. The van der Waals surface area contributed by atoms with E-state index < -0.39 is 0 Å². The minimum atomic E-state index is 0.0129. The molecule has 0 saturated heterocycles. The first kappa shape index (κ1) is 33.1. The lowest BCUT2D eigenvalue weighted by Crippen LogP contribution is -2.11. The molecule has 0 aliphatic carbocycles. The molecule has 0 spiro atoms. The van der Waals surface area contributed by atoms with Crippen LogP contribution in [0.1, 0.15) is 105 Å². The van der Waals surface area contributed by atoms with Crippen LogP contribution in [0.5, 0.6) is 0 Å². The molecule has 11 rings (SSSR count). The minimum absolute atomic E-state index is 0.0129. The number of hydrogen-bond acceptors (Lipinski definition) is 1. The topological polar surface area (TPSA) is 22.0 Å². The van der Waals surface area contributed by atoms with Gasteiger partial charge in [-0.3, -0.25) is 0 Å². The number of nitrogens with zero attached hydrogens (tertiary/aromatic N) is 2. The van der Waals surface area contributed by atoms with Crippen molar-refractivity contribution in [3.63, 3.8) is 0 Å². The standard InChI is InChI=1S/C52H50N2O/c1-49(2,3)27-13-15-41-31(17-27)37-19-29(51(7,8)9)21-39-33-25-45-35(23-43(33)53(41)47(37)39)36-24-44-34(26-46(36)55-45)40-22-30(52(10,11)12)20-38-32-18-28(50(4,5)6)14-16-42(32)54(44)48(38)40/h13-26H,1-12H3. The van der Waals surface area contributed by atoms with Gasteiger partial charge in [-0.05, 0) is 117 Å². The summed E-state index contributed by atoms with van der Waals surface area (Å²) in [4.78, 5) is 0. The molecule has 11 aromatic rings. The van der Waals surface area contributed by atoms with Crippen molar-refractivity contribution in [2.24, 2.45) is 0 Å². The van der Waals surface area contributed by atoms with Crippen LogP contribution in [-0.4, -0.2) is 8.80 Å². The number of benzene rings is 6. The van der Waals surface area contributed by atoms with E-state index in [1.54, 1.807) is 0 Å². The highest BCUT2D eigenvalue weighted by Gasteiger charge is 2.27. The molecule has 0 radical (unpaired) electrons. The van der Waals surface area contributed by atoms with Crippen molar-refractivity contribution in [1.82, 2.24) is 8.80 Å². The summed E-state index contributed by atoms with van der Waals surface area (Å²) in [5, 5.41) is 12.8. The third-order valence-corrected chi connectivity index (χ3v) is 13.0. The third kappa shape index (κ3) is 4.33. The van der Waals surface area contributed by atoms with E-state index in [-0.39, 0.29) is 21.7 Å². The van der Waals surface area contributed by atoms with Crippen molar-refractivity contribution in [2.75, 3.05) is 0 Å². The van der Waals surface area contributed by atoms with E-state index in [2.05, 4.69) is 177 Å². The normalized spacial score (nSPS) is 14.2. The first-order valence-corrected chi connectivity index (χ1v) is 20.1. The first-order valence-electron chi connectivity index (χ1n) is 20.1. The van der Waals surface area contributed by atoms with Gasteiger partial charge < -0.3 is 13.2 Å². The zero-order valence-corrected chi connectivity index (χ0v) is 34.4. The molecule has 0 saturated carbocycles. The maximum atomic E-state index is 6.90. The summed E-state index contributed by atoms with van der Waals surface area (Å²) in [6.07, 6.45) is 0. The van der Waals surface area contributed by atoms with Crippen LogP contribution in [0.25, 0.3) is 98.1 Å². The highest BCUT2D eigenvalue weighted by Crippen LogP contribution is 2.47. The van der Waals surface area contributed by atoms with Gasteiger partial charge in [-0.1, -0.05) is 95.2 Å². The van der Waals surface area contributed by atoms with Gasteiger partial charge in [0.1, 0.15) is 11.2 Å². The molecular weight excluding hydrogens is 669 g/mol.